The molecule has 2 N–H and O–H groups in total. The first kappa shape index (κ1) is 22.2. The third kappa shape index (κ3) is 4.20. The van der Waals surface area contributed by atoms with Crippen molar-refractivity contribution in [2.24, 2.45) is 4.99 Å². The second-order valence-corrected chi connectivity index (χ2v) is 7.95. The fourth-order valence-corrected chi connectivity index (χ4v) is 4.02. The van der Waals surface area contributed by atoms with Gasteiger partial charge in [-0.05, 0) is 53.4 Å². The molecule has 0 saturated heterocycles. The van der Waals surface area contributed by atoms with E-state index in [0.29, 0.717) is 22.3 Å². The first-order valence-corrected chi connectivity index (χ1v) is 10.5. The molecule has 5 nitrogen and oxygen atoms in total. The Morgan fingerprint density at radius 2 is 1.86 bits per heavy atom. The number of benzene rings is 3. The summed E-state index contributed by atoms with van der Waals surface area (Å²) in [6.07, 6.45) is -3.70. The van der Waals surface area contributed by atoms with Gasteiger partial charge in [-0.25, -0.2) is 9.79 Å². The SMILES string of the molecule is O=C1CC(C(F)(F)F)=Nc2ccc(C#Cc3cccc(C(=O)O)c3-c3ccc4cc[nH]c4c3)cc21. The van der Waals surface area contributed by atoms with Gasteiger partial charge in [0.15, 0.2) is 5.78 Å². The number of rotatable bonds is 2. The van der Waals surface area contributed by atoms with Crippen LogP contribution in [-0.4, -0.2) is 33.7 Å². The Hall–Kier alpha value is -4.64. The zero-order valence-corrected chi connectivity index (χ0v) is 17.9. The molecular weight excluding hydrogens is 457 g/mol. The van der Waals surface area contributed by atoms with Crippen molar-refractivity contribution in [3.8, 4) is 23.0 Å². The van der Waals surface area contributed by atoms with Crippen LogP contribution >= 0.6 is 0 Å². The number of aromatic nitrogens is 1. The highest BCUT2D eigenvalue weighted by Crippen LogP contribution is 2.33. The van der Waals surface area contributed by atoms with E-state index in [0.717, 1.165) is 10.9 Å². The van der Waals surface area contributed by atoms with E-state index < -0.39 is 30.1 Å². The van der Waals surface area contributed by atoms with Gasteiger partial charge < -0.3 is 10.1 Å². The topological polar surface area (TPSA) is 82.5 Å². The lowest BCUT2D eigenvalue weighted by Crippen LogP contribution is -2.28. The zero-order chi connectivity index (χ0) is 24.7. The van der Waals surface area contributed by atoms with Crippen LogP contribution in [0.15, 0.2) is 71.9 Å². The summed E-state index contributed by atoms with van der Waals surface area (Å²) in [4.78, 5) is 30.9. The summed E-state index contributed by atoms with van der Waals surface area (Å²) < 4.78 is 38.9. The van der Waals surface area contributed by atoms with Crippen LogP contribution in [-0.2, 0) is 0 Å². The Morgan fingerprint density at radius 1 is 1.03 bits per heavy atom. The van der Waals surface area contributed by atoms with Crippen LogP contribution in [0.5, 0.6) is 0 Å². The van der Waals surface area contributed by atoms with Crippen LogP contribution in [0, 0.1) is 11.8 Å². The molecule has 0 saturated carbocycles. The number of carboxylic acid groups (broad SMARTS) is 1. The molecule has 0 radical (unpaired) electrons. The summed E-state index contributed by atoms with van der Waals surface area (Å²) in [5, 5.41) is 10.7. The summed E-state index contributed by atoms with van der Waals surface area (Å²) in [6.45, 7) is 0. The average molecular weight is 472 g/mol. The second-order valence-electron chi connectivity index (χ2n) is 7.95. The molecule has 3 aromatic carbocycles. The highest BCUT2D eigenvalue weighted by molar-refractivity contribution is 6.17. The maximum Gasteiger partial charge on any atom is 0.429 e. The predicted octanol–water partition coefficient (Wildman–Crippen LogP) is 6.15. The number of carboxylic acids is 1. The predicted molar refractivity (Wildman–Crippen MR) is 125 cm³/mol. The molecule has 2 heterocycles. The molecule has 4 aromatic rings. The maximum absolute atomic E-state index is 13.0. The minimum atomic E-state index is -4.67. The number of carbonyl (C=O) groups excluding carboxylic acids is 1. The number of Topliss-reactive ketones (excluding diaryl/α,β-unsaturated/α-hetero) is 1. The standard InChI is InChI=1S/C27H15F3N2O3/c28-27(29,30)24-14-23(33)20-12-15(5-9-21(20)32-24)4-6-17-2-1-3-19(26(34)35)25(17)18-8-7-16-10-11-31-22(16)13-18/h1-3,5,7-13,31H,14H2,(H,34,35). The van der Waals surface area contributed by atoms with Gasteiger partial charge in [-0.1, -0.05) is 30.0 Å². The van der Waals surface area contributed by atoms with Crippen molar-refractivity contribution in [3.05, 3.63) is 89.1 Å². The molecule has 0 bridgehead atoms. The normalized spacial score (nSPS) is 13.1. The first-order valence-electron chi connectivity index (χ1n) is 10.5. The number of alkyl halides is 3. The van der Waals surface area contributed by atoms with Crippen LogP contribution in [0.3, 0.4) is 0 Å². The average Bonchev–Trinajstić information content (AvgIpc) is 3.30. The fourth-order valence-electron chi connectivity index (χ4n) is 4.02. The van der Waals surface area contributed by atoms with Gasteiger partial charge in [0.1, 0.15) is 5.71 Å². The van der Waals surface area contributed by atoms with E-state index in [1.165, 1.54) is 24.3 Å². The van der Waals surface area contributed by atoms with Gasteiger partial charge in [0.05, 0.1) is 17.7 Å². The zero-order valence-electron chi connectivity index (χ0n) is 17.9. The lowest BCUT2D eigenvalue weighted by Gasteiger charge is -2.16. The molecule has 5 rings (SSSR count). The Labute approximate surface area is 196 Å². The Balaban J connectivity index is 1.58. The Kier molecular flexibility index (Phi) is 5.25. The molecule has 0 amide bonds. The number of nitrogens with one attached hydrogen (secondary N) is 1. The van der Waals surface area contributed by atoms with Gasteiger partial charge in [0.2, 0.25) is 0 Å². The van der Waals surface area contributed by atoms with E-state index in [4.69, 9.17) is 0 Å². The van der Waals surface area contributed by atoms with Crippen molar-refractivity contribution < 1.29 is 27.9 Å². The Bertz CT molecular complexity index is 1620. The van der Waals surface area contributed by atoms with Crippen molar-refractivity contribution in [1.29, 1.82) is 0 Å². The highest BCUT2D eigenvalue weighted by Gasteiger charge is 2.39. The molecule has 1 aliphatic heterocycles. The van der Waals surface area contributed by atoms with Crippen molar-refractivity contribution >= 4 is 34.1 Å². The fraction of sp³-hybridized carbons (Fsp3) is 0.0741. The number of nitrogens with zero attached hydrogens (tertiary/aromatic N) is 1. The minimum absolute atomic E-state index is 0.0491. The molecule has 0 atom stereocenters. The molecule has 172 valence electrons. The highest BCUT2D eigenvalue weighted by atomic mass is 19.4. The van der Waals surface area contributed by atoms with Gasteiger partial charge >= 0.3 is 12.1 Å². The molecule has 8 heteroatoms. The number of H-pyrrole nitrogens is 1. The third-order valence-corrected chi connectivity index (χ3v) is 5.69. The number of ketones is 1. The number of halogens is 3. The molecule has 1 aliphatic rings. The quantitative estimate of drug-likeness (QED) is 0.343. The van der Waals surface area contributed by atoms with Crippen molar-refractivity contribution in [2.45, 2.75) is 12.6 Å². The van der Waals surface area contributed by atoms with Gasteiger partial charge in [0, 0.05) is 34.0 Å². The van der Waals surface area contributed by atoms with Crippen molar-refractivity contribution in [3.63, 3.8) is 0 Å². The van der Waals surface area contributed by atoms with Crippen LogP contribution in [0.25, 0.3) is 22.0 Å². The smallest absolute Gasteiger partial charge is 0.429 e. The number of aromatic amines is 1. The van der Waals surface area contributed by atoms with Crippen LogP contribution < -0.4 is 0 Å². The number of aliphatic imine (C=N–C) groups is 1. The molecule has 0 aliphatic carbocycles. The number of fused-ring (bicyclic) bond motifs is 2. The van der Waals surface area contributed by atoms with Crippen molar-refractivity contribution in [2.75, 3.05) is 0 Å². The lowest BCUT2D eigenvalue weighted by atomic mass is 9.93. The van der Waals surface area contributed by atoms with E-state index in [1.54, 1.807) is 18.3 Å². The third-order valence-electron chi connectivity index (χ3n) is 5.69. The summed E-state index contributed by atoms with van der Waals surface area (Å²) in [6, 6.07) is 16.4. The molecule has 0 spiro atoms. The van der Waals surface area contributed by atoms with E-state index in [1.807, 2.05) is 24.3 Å². The van der Waals surface area contributed by atoms with Crippen LogP contribution in [0.1, 0.15) is 38.3 Å². The number of carbonyl (C=O) groups is 2. The van der Waals surface area contributed by atoms with E-state index in [2.05, 4.69) is 21.8 Å². The molecule has 0 unspecified atom stereocenters. The largest absolute Gasteiger partial charge is 0.478 e. The van der Waals surface area contributed by atoms with E-state index in [9.17, 15) is 27.9 Å². The maximum atomic E-state index is 13.0. The summed E-state index contributed by atoms with van der Waals surface area (Å²) >= 11 is 0. The van der Waals surface area contributed by atoms with Gasteiger partial charge in [0.25, 0.3) is 0 Å². The summed E-state index contributed by atoms with van der Waals surface area (Å²) in [5.41, 5.74) is 1.78. The number of hydrogen-bond acceptors (Lipinski definition) is 3. The van der Waals surface area contributed by atoms with Gasteiger partial charge in [-0.3, -0.25) is 4.79 Å². The molecule has 0 fully saturated rings. The molecule has 35 heavy (non-hydrogen) atoms. The summed E-state index contributed by atoms with van der Waals surface area (Å²) in [7, 11) is 0. The van der Waals surface area contributed by atoms with Gasteiger partial charge in [-0.15, -0.1) is 0 Å². The molecule has 1 aromatic heterocycles. The van der Waals surface area contributed by atoms with Crippen LogP contribution in [0.2, 0.25) is 0 Å². The lowest BCUT2D eigenvalue weighted by molar-refractivity contribution is -0.0602. The van der Waals surface area contributed by atoms with Crippen LogP contribution in [0.4, 0.5) is 18.9 Å². The van der Waals surface area contributed by atoms with Gasteiger partial charge in [-0.2, -0.15) is 13.2 Å². The van der Waals surface area contributed by atoms with Crippen molar-refractivity contribution in [1.82, 2.24) is 4.98 Å². The monoisotopic (exact) mass is 472 g/mol. The number of hydrogen-bond donors (Lipinski definition) is 2. The van der Waals surface area contributed by atoms with E-state index >= 15 is 0 Å². The molecular formula is C27H15F3N2O3. The second kappa shape index (κ2) is 8.29. The Morgan fingerprint density at radius 3 is 2.63 bits per heavy atom. The van der Waals surface area contributed by atoms with E-state index in [-0.39, 0.29) is 16.8 Å². The number of aromatic carboxylic acids is 1. The minimum Gasteiger partial charge on any atom is -0.478 e. The summed E-state index contributed by atoms with van der Waals surface area (Å²) in [5.74, 6) is 4.09. The first-order chi connectivity index (χ1) is 16.7.